The summed E-state index contributed by atoms with van der Waals surface area (Å²) in [5.41, 5.74) is 3.16. The van der Waals surface area contributed by atoms with Gasteiger partial charge in [-0.1, -0.05) is 37.3 Å². The lowest BCUT2D eigenvalue weighted by molar-refractivity contribution is 0.102. The Labute approximate surface area is 138 Å². The highest BCUT2D eigenvalue weighted by atomic mass is 32.1. The number of hydrogen-bond acceptors (Lipinski definition) is 4. The van der Waals surface area contributed by atoms with E-state index in [9.17, 15) is 4.79 Å². The van der Waals surface area contributed by atoms with Crippen LogP contribution in [0.5, 0.6) is 0 Å². The van der Waals surface area contributed by atoms with Crippen LogP contribution >= 0.6 is 11.3 Å². The molecule has 2 aromatic carbocycles. The van der Waals surface area contributed by atoms with Crippen LogP contribution in [0.4, 0.5) is 5.13 Å². The SMILES string of the molecule is CC(C)c1cccc2sc(NC(=O)c3ccc(C#N)cc3)nc12. The van der Waals surface area contributed by atoms with Gasteiger partial charge in [0.15, 0.2) is 5.13 Å². The summed E-state index contributed by atoms with van der Waals surface area (Å²) < 4.78 is 1.06. The standard InChI is InChI=1S/C18H15N3OS/c1-11(2)14-4-3-5-15-16(14)20-18(23-15)21-17(22)13-8-6-12(10-19)7-9-13/h3-9,11H,1-2H3,(H,20,21,22). The number of thiazole rings is 1. The number of nitrogens with one attached hydrogen (secondary N) is 1. The summed E-state index contributed by atoms with van der Waals surface area (Å²) in [6, 6.07) is 14.7. The molecule has 0 spiro atoms. The summed E-state index contributed by atoms with van der Waals surface area (Å²) in [7, 11) is 0. The highest BCUT2D eigenvalue weighted by Crippen LogP contribution is 2.31. The number of carbonyl (C=O) groups excluding carboxylic acids is 1. The lowest BCUT2D eigenvalue weighted by Gasteiger charge is -2.04. The molecule has 114 valence electrons. The average molecular weight is 321 g/mol. The van der Waals surface area contributed by atoms with Gasteiger partial charge < -0.3 is 0 Å². The summed E-state index contributed by atoms with van der Waals surface area (Å²) in [6.07, 6.45) is 0. The number of rotatable bonds is 3. The van der Waals surface area contributed by atoms with Crippen LogP contribution in [0.15, 0.2) is 42.5 Å². The first-order valence-electron chi connectivity index (χ1n) is 7.29. The third kappa shape index (κ3) is 3.08. The van der Waals surface area contributed by atoms with E-state index in [2.05, 4.69) is 30.2 Å². The number of aromatic nitrogens is 1. The Bertz CT molecular complexity index is 904. The summed E-state index contributed by atoms with van der Waals surface area (Å²) >= 11 is 1.46. The number of fused-ring (bicyclic) bond motifs is 1. The van der Waals surface area contributed by atoms with Crippen molar-refractivity contribution in [3.8, 4) is 6.07 Å². The molecule has 1 aromatic heterocycles. The maximum Gasteiger partial charge on any atom is 0.257 e. The topological polar surface area (TPSA) is 65.8 Å². The Balaban J connectivity index is 1.87. The fourth-order valence-electron chi connectivity index (χ4n) is 2.35. The van der Waals surface area contributed by atoms with Crippen molar-refractivity contribution in [2.45, 2.75) is 19.8 Å². The number of nitriles is 1. The van der Waals surface area contributed by atoms with Gasteiger partial charge in [0.1, 0.15) is 0 Å². The Hall–Kier alpha value is -2.71. The van der Waals surface area contributed by atoms with Crippen LogP contribution in [0.3, 0.4) is 0 Å². The van der Waals surface area contributed by atoms with Crippen molar-refractivity contribution in [2.75, 3.05) is 5.32 Å². The van der Waals surface area contributed by atoms with E-state index in [4.69, 9.17) is 5.26 Å². The lowest BCUT2D eigenvalue weighted by atomic mass is 10.0. The summed E-state index contributed by atoms with van der Waals surface area (Å²) in [5.74, 6) is 0.155. The molecule has 0 saturated carbocycles. The zero-order valence-electron chi connectivity index (χ0n) is 12.8. The second-order valence-electron chi connectivity index (χ2n) is 5.51. The molecule has 3 rings (SSSR count). The first-order chi connectivity index (χ1) is 11.1. The molecule has 1 heterocycles. The normalized spacial score (nSPS) is 10.7. The van der Waals surface area contributed by atoms with E-state index in [1.165, 1.54) is 16.9 Å². The Morgan fingerprint density at radius 3 is 2.61 bits per heavy atom. The predicted octanol–water partition coefficient (Wildman–Crippen LogP) is 4.54. The molecule has 1 N–H and O–H groups in total. The van der Waals surface area contributed by atoms with Crippen LogP contribution in [0.1, 0.15) is 41.3 Å². The molecule has 5 heteroatoms. The van der Waals surface area contributed by atoms with Gasteiger partial charge >= 0.3 is 0 Å². The van der Waals surface area contributed by atoms with E-state index in [1.54, 1.807) is 24.3 Å². The molecule has 0 atom stereocenters. The van der Waals surface area contributed by atoms with Gasteiger partial charge in [-0.3, -0.25) is 10.1 Å². The molecule has 23 heavy (non-hydrogen) atoms. The maximum atomic E-state index is 12.3. The highest BCUT2D eigenvalue weighted by Gasteiger charge is 2.13. The van der Waals surface area contributed by atoms with Gasteiger partial charge in [-0.2, -0.15) is 5.26 Å². The van der Waals surface area contributed by atoms with Crippen molar-refractivity contribution in [3.63, 3.8) is 0 Å². The van der Waals surface area contributed by atoms with Gasteiger partial charge in [0.2, 0.25) is 0 Å². The molecule has 0 aliphatic carbocycles. The van der Waals surface area contributed by atoms with E-state index < -0.39 is 0 Å². The monoisotopic (exact) mass is 321 g/mol. The number of carbonyl (C=O) groups is 1. The van der Waals surface area contributed by atoms with Crippen molar-refractivity contribution < 1.29 is 4.79 Å². The van der Waals surface area contributed by atoms with Gasteiger partial charge in [-0.15, -0.1) is 0 Å². The molecule has 4 nitrogen and oxygen atoms in total. The summed E-state index contributed by atoms with van der Waals surface area (Å²) in [4.78, 5) is 16.8. The van der Waals surface area contributed by atoms with Gasteiger partial charge in [-0.05, 0) is 41.8 Å². The third-order valence-corrected chi connectivity index (χ3v) is 4.50. The van der Waals surface area contributed by atoms with Crippen LogP contribution in [0.2, 0.25) is 0 Å². The minimum absolute atomic E-state index is 0.223. The minimum Gasteiger partial charge on any atom is -0.298 e. The Morgan fingerprint density at radius 1 is 1.22 bits per heavy atom. The molecule has 0 aliphatic rings. The van der Waals surface area contributed by atoms with Gasteiger partial charge in [-0.25, -0.2) is 4.98 Å². The summed E-state index contributed by atoms with van der Waals surface area (Å²) in [5, 5.41) is 12.2. The van der Waals surface area contributed by atoms with E-state index in [1.807, 2.05) is 18.2 Å². The Morgan fingerprint density at radius 2 is 1.96 bits per heavy atom. The zero-order valence-corrected chi connectivity index (χ0v) is 13.6. The quantitative estimate of drug-likeness (QED) is 0.770. The van der Waals surface area contributed by atoms with E-state index >= 15 is 0 Å². The minimum atomic E-state index is -0.223. The molecule has 0 aliphatic heterocycles. The first kappa shape index (κ1) is 15.2. The molecule has 0 bridgehead atoms. The van der Waals surface area contributed by atoms with Crippen LogP contribution in [0, 0.1) is 11.3 Å². The number of para-hydroxylation sites is 1. The predicted molar refractivity (Wildman–Crippen MR) is 92.8 cm³/mol. The van der Waals surface area contributed by atoms with Gasteiger partial charge in [0.25, 0.3) is 5.91 Å². The summed E-state index contributed by atoms with van der Waals surface area (Å²) in [6.45, 7) is 4.26. The number of amides is 1. The Kier molecular flexibility index (Phi) is 4.09. The fourth-order valence-corrected chi connectivity index (χ4v) is 3.25. The molecule has 0 fully saturated rings. The van der Waals surface area contributed by atoms with Crippen LogP contribution in [0.25, 0.3) is 10.2 Å². The maximum absolute atomic E-state index is 12.3. The lowest BCUT2D eigenvalue weighted by Crippen LogP contribution is -2.11. The molecule has 0 unspecified atom stereocenters. The van der Waals surface area contributed by atoms with Crippen LogP contribution in [-0.4, -0.2) is 10.9 Å². The number of hydrogen-bond donors (Lipinski definition) is 1. The van der Waals surface area contributed by atoms with Crippen molar-refractivity contribution in [1.82, 2.24) is 4.98 Å². The fraction of sp³-hybridized carbons (Fsp3) is 0.167. The van der Waals surface area contributed by atoms with Gasteiger partial charge in [0, 0.05) is 5.56 Å². The molecular formula is C18H15N3OS. The first-order valence-corrected chi connectivity index (χ1v) is 8.11. The van der Waals surface area contributed by atoms with Gasteiger partial charge in [0.05, 0.1) is 21.8 Å². The largest absolute Gasteiger partial charge is 0.298 e. The van der Waals surface area contributed by atoms with Crippen molar-refractivity contribution in [3.05, 3.63) is 59.2 Å². The highest BCUT2D eigenvalue weighted by molar-refractivity contribution is 7.22. The van der Waals surface area contributed by atoms with E-state index in [0.717, 1.165) is 10.2 Å². The van der Waals surface area contributed by atoms with E-state index in [-0.39, 0.29) is 5.91 Å². The average Bonchev–Trinajstić information content (AvgIpc) is 2.96. The second-order valence-corrected chi connectivity index (χ2v) is 6.54. The van der Waals surface area contributed by atoms with Crippen molar-refractivity contribution in [1.29, 1.82) is 5.26 Å². The zero-order chi connectivity index (χ0) is 16.4. The smallest absolute Gasteiger partial charge is 0.257 e. The van der Waals surface area contributed by atoms with Crippen LogP contribution in [-0.2, 0) is 0 Å². The number of anilines is 1. The van der Waals surface area contributed by atoms with Crippen molar-refractivity contribution in [2.24, 2.45) is 0 Å². The molecule has 0 saturated heterocycles. The molecule has 0 radical (unpaired) electrons. The second kappa shape index (κ2) is 6.19. The third-order valence-electron chi connectivity index (χ3n) is 3.57. The van der Waals surface area contributed by atoms with Crippen molar-refractivity contribution >= 4 is 32.6 Å². The molecule has 3 aromatic rings. The molecule has 1 amide bonds. The van der Waals surface area contributed by atoms with E-state index in [0.29, 0.717) is 22.2 Å². The number of benzene rings is 2. The molecular weight excluding hydrogens is 306 g/mol. The number of nitrogens with zero attached hydrogens (tertiary/aromatic N) is 2. The van der Waals surface area contributed by atoms with Crippen LogP contribution < -0.4 is 5.32 Å².